The van der Waals surface area contributed by atoms with Crippen LogP contribution < -0.4 is 0 Å². The van der Waals surface area contributed by atoms with Crippen LogP contribution in [0.25, 0.3) is 0 Å². The van der Waals surface area contributed by atoms with E-state index in [1.807, 2.05) is 0 Å². The van der Waals surface area contributed by atoms with Crippen molar-refractivity contribution in [3.8, 4) is 5.75 Å². The zero-order chi connectivity index (χ0) is 11.6. The summed E-state index contributed by atoms with van der Waals surface area (Å²) in [4.78, 5) is 11.2. The van der Waals surface area contributed by atoms with Crippen LogP contribution in [0.15, 0.2) is 16.6 Å². The molecule has 2 N–H and O–H groups in total. The predicted octanol–water partition coefficient (Wildman–Crippen LogP) is 1.67. The second-order valence-electron chi connectivity index (χ2n) is 3.05. The van der Waals surface area contributed by atoms with E-state index in [2.05, 4.69) is 20.7 Å². The summed E-state index contributed by atoms with van der Waals surface area (Å²) in [5.41, 5.74) is 1.01. The molecule has 15 heavy (non-hydrogen) atoms. The fraction of sp³-hybridized carbons (Fsp3) is 0.300. The van der Waals surface area contributed by atoms with Gasteiger partial charge in [0, 0.05) is 5.56 Å². The third kappa shape index (κ3) is 2.30. The van der Waals surface area contributed by atoms with Crippen molar-refractivity contribution >= 4 is 21.9 Å². The second-order valence-corrected chi connectivity index (χ2v) is 3.85. The Hall–Kier alpha value is -1.07. The average molecular weight is 275 g/mol. The summed E-state index contributed by atoms with van der Waals surface area (Å²) < 4.78 is 4.73. The first kappa shape index (κ1) is 12.0. The van der Waals surface area contributed by atoms with E-state index in [4.69, 9.17) is 0 Å². The summed E-state index contributed by atoms with van der Waals surface area (Å²) in [7, 11) is 1.19. The highest BCUT2D eigenvalue weighted by atomic mass is 79.9. The molecule has 0 heterocycles. The fourth-order valence-corrected chi connectivity index (χ4v) is 1.90. The zero-order valence-electron chi connectivity index (χ0n) is 8.32. The molecule has 5 heteroatoms. The van der Waals surface area contributed by atoms with Crippen molar-refractivity contribution in [1.82, 2.24) is 0 Å². The number of benzene rings is 1. The minimum absolute atomic E-state index is 0.0291. The lowest BCUT2D eigenvalue weighted by Crippen LogP contribution is -2.15. The number of ether oxygens (including phenoxy) is 1. The molecule has 0 aliphatic rings. The molecule has 0 spiro atoms. The number of phenols is 1. The van der Waals surface area contributed by atoms with E-state index in [1.165, 1.54) is 13.2 Å². The van der Waals surface area contributed by atoms with Gasteiger partial charge in [-0.3, -0.25) is 0 Å². The Morgan fingerprint density at radius 3 is 2.67 bits per heavy atom. The van der Waals surface area contributed by atoms with Gasteiger partial charge in [0.2, 0.25) is 0 Å². The third-order valence-electron chi connectivity index (χ3n) is 2.08. The average Bonchev–Trinajstić information content (AvgIpc) is 2.22. The smallest absolute Gasteiger partial charge is 0.339 e. The predicted molar refractivity (Wildman–Crippen MR) is 57.5 cm³/mol. The second kappa shape index (κ2) is 4.63. The van der Waals surface area contributed by atoms with Gasteiger partial charge in [-0.15, -0.1) is 0 Å². The molecule has 0 aliphatic carbocycles. The SMILES string of the molecule is COC(=O)C(O)c1c(C)ccc(O)c1Br. The van der Waals surface area contributed by atoms with E-state index in [-0.39, 0.29) is 5.75 Å². The molecule has 0 radical (unpaired) electrons. The van der Waals surface area contributed by atoms with Crippen LogP contribution in [-0.4, -0.2) is 23.3 Å². The van der Waals surface area contributed by atoms with Crippen LogP contribution in [0.5, 0.6) is 5.75 Å². The molecule has 4 nitrogen and oxygen atoms in total. The first-order valence-corrected chi connectivity index (χ1v) is 5.02. The maximum absolute atomic E-state index is 11.2. The van der Waals surface area contributed by atoms with Gasteiger partial charge in [0.1, 0.15) is 5.75 Å². The molecule has 1 atom stereocenters. The van der Waals surface area contributed by atoms with E-state index in [9.17, 15) is 15.0 Å². The van der Waals surface area contributed by atoms with E-state index in [1.54, 1.807) is 13.0 Å². The zero-order valence-corrected chi connectivity index (χ0v) is 9.91. The number of hydrogen-bond acceptors (Lipinski definition) is 4. The highest BCUT2D eigenvalue weighted by Crippen LogP contribution is 2.34. The molecule has 1 rings (SSSR count). The largest absolute Gasteiger partial charge is 0.507 e. The van der Waals surface area contributed by atoms with Crippen LogP contribution in [0, 0.1) is 6.92 Å². The van der Waals surface area contributed by atoms with Crippen LogP contribution in [0.2, 0.25) is 0 Å². The van der Waals surface area contributed by atoms with E-state index in [0.29, 0.717) is 15.6 Å². The molecule has 0 aromatic heterocycles. The molecule has 0 bridgehead atoms. The molecule has 0 amide bonds. The number of aliphatic hydroxyl groups excluding tert-OH is 1. The Labute approximate surface area is 95.6 Å². The highest BCUT2D eigenvalue weighted by Gasteiger charge is 2.23. The lowest BCUT2D eigenvalue weighted by molar-refractivity contribution is -0.150. The van der Waals surface area contributed by atoms with Crippen LogP contribution in [-0.2, 0) is 9.53 Å². The topological polar surface area (TPSA) is 66.8 Å². The van der Waals surface area contributed by atoms with Gasteiger partial charge in [-0.2, -0.15) is 0 Å². The van der Waals surface area contributed by atoms with Crippen molar-refractivity contribution in [2.75, 3.05) is 7.11 Å². The Morgan fingerprint density at radius 2 is 2.13 bits per heavy atom. The monoisotopic (exact) mass is 274 g/mol. The number of phenolic OH excluding ortho intramolecular Hbond substituents is 1. The number of carbonyl (C=O) groups excluding carboxylic acids is 1. The summed E-state index contributed by atoms with van der Waals surface area (Å²) in [6.45, 7) is 1.73. The maximum Gasteiger partial charge on any atom is 0.339 e. The van der Waals surface area contributed by atoms with Gasteiger partial charge in [-0.05, 0) is 34.5 Å². The molecule has 82 valence electrons. The van der Waals surface area contributed by atoms with Crippen LogP contribution in [0.3, 0.4) is 0 Å². The first-order chi connectivity index (χ1) is 6.99. The molecule has 0 saturated heterocycles. The third-order valence-corrected chi connectivity index (χ3v) is 2.91. The number of esters is 1. The molecule has 1 aromatic rings. The summed E-state index contributed by atoms with van der Waals surface area (Å²) in [6.07, 6.45) is -1.39. The Balaban J connectivity index is 3.24. The van der Waals surface area contributed by atoms with E-state index < -0.39 is 12.1 Å². The van der Waals surface area contributed by atoms with Gasteiger partial charge in [-0.1, -0.05) is 6.07 Å². The highest BCUT2D eigenvalue weighted by molar-refractivity contribution is 9.10. The number of rotatable bonds is 2. The molecule has 0 saturated carbocycles. The minimum atomic E-state index is -1.39. The van der Waals surface area contributed by atoms with Gasteiger partial charge < -0.3 is 14.9 Å². The fourth-order valence-electron chi connectivity index (χ4n) is 1.24. The lowest BCUT2D eigenvalue weighted by Gasteiger charge is -2.14. The van der Waals surface area contributed by atoms with Gasteiger partial charge in [-0.25, -0.2) is 4.79 Å². The van der Waals surface area contributed by atoms with Crippen molar-refractivity contribution in [2.45, 2.75) is 13.0 Å². The van der Waals surface area contributed by atoms with Crippen molar-refractivity contribution in [3.05, 3.63) is 27.7 Å². The lowest BCUT2D eigenvalue weighted by atomic mass is 10.0. The number of hydrogen-bond donors (Lipinski definition) is 2. The number of halogens is 1. The summed E-state index contributed by atoms with van der Waals surface area (Å²) in [6, 6.07) is 3.09. The van der Waals surface area contributed by atoms with Gasteiger partial charge in [0.25, 0.3) is 0 Å². The van der Waals surface area contributed by atoms with Gasteiger partial charge in [0.15, 0.2) is 6.10 Å². The standard InChI is InChI=1S/C10H11BrO4/c1-5-3-4-6(12)8(11)7(5)9(13)10(14)15-2/h3-4,9,12-13H,1-2H3. The molecule has 1 unspecified atom stereocenters. The molecular formula is C10H11BrO4. The summed E-state index contributed by atoms with van der Waals surface area (Å²) in [5.74, 6) is -0.789. The number of methoxy groups -OCH3 is 1. The number of aryl methyl sites for hydroxylation is 1. The van der Waals surface area contributed by atoms with Crippen molar-refractivity contribution in [1.29, 1.82) is 0 Å². The normalized spacial score (nSPS) is 12.3. The van der Waals surface area contributed by atoms with E-state index in [0.717, 1.165) is 0 Å². The maximum atomic E-state index is 11.2. The minimum Gasteiger partial charge on any atom is -0.507 e. The van der Waals surface area contributed by atoms with Crippen LogP contribution >= 0.6 is 15.9 Å². The first-order valence-electron chi connectivity index (χ1n) is 4.23. The quantitative estimate of drug-likeness (QED) is 0.806. The van der Waals surface area contributed by atoms with Crippen molar-refractivity contribution < 1.29 is 19.7 Å². The molecular weight excluding hydrogens is 264 g/mol. The Morgan fingerprint density at radius 1 is 1.53 bits per heavy atom. The molecule has 0 aliphatic heterocycles. The Kier molecular flexibility index (Phi) is 3.71. The summed E-state index contributed by atoms with van der Waals surface area (Å²) in [5, 5.41) is 19.1. The van der Waals surface area contributed by atoms with E-state index >= 15 is 0 Å². The summed E-state index contributed by atoms with van der Waals surface area (Å²) >= 11 is 3.11. The van der Waals surface area contributed by atoms with Crippen molar-refractivity contribution in [2.24, 2.45) is 0 Å². The molecule has 0 fully saturated rings. The molecule has 1 aromatic carbocycles. The number of aromatic hydroxyl groups is 1. The van der Waals surface area contributed by atoms with Gasteiger partial charge >= 0.3 is 5.97 Å². The number of aliphatic hydroxyl groups is 1. The van der Waals surface area contributed by atoms with Crippen molar-refractivity contribution in [3.63, 3.8) is 0 Å². The Bertz CT molecular complexity index is 389. The van der Waals surface area contributed by atoms with Crippen LogP contribution in [0.1, 0.15) is 17.2 Å². The van der Waals surface area contributed by atoms with Gasteiger partial charge in [0.05, 0.1) is 11.6 Å². The van der Waals surface area contributed by atoms with Crippen LogP contribution in [0.4, 0.5) is 0 Å². The number of carbonyl (C=O) groups is 1.